The third-order valence-corrected chi connectivity index (χ3v) is 7.73. The van der Waals surface area contributed by atoms with Crippen LogP contribution in [0.5, 0.6) is 0 Å². The molecule has 9 nitrogen and oxygen atoms in total. The number of fused-ring (bicyclic) bond motifs is 1. The molecule has 0 saturated carbocycles. The minimum atomic E-state index is -5.95. The molecule has 1 aliphatic rings. The van der Waals surface area contributed by atoms with Crippen molar-refractivity contribution >= 4 is 33.5 Å². The molecule has 2 aromatic carbocycles. The highest BCUT2D eigenvalue weighted by Gasteiger charge is 2.72. The molecule has 0 aromatic heterocycles. The second-order valence-electron chi connectivity index (χ2n) is 10.9. The molecular formula is C27H28F6N2O7S. The molecule has 0 radical (unpaired) electrons. The molecule has 0 spiro atoms. The van der Waals surface area contributed by atoms with E-state index in [9.17, 15) is 49.1 Å². The van der Waals surface area contributed by atoms with Crippen LogP contribution in [0.2, 0.25) is 0 Å². The molecular weight excluding hydrogens is 610 g/mol. The first-order valence-corrected chi connectivity index (χ1v) is 14.3. The van der Waals surface area contributed by atoms with Crippen LogP contribution in [-0.2, 0) is 40.9 Å². The molecule has 0 aliphatic carbocycles. The Labute approximate surface area is 243 Å². The van der Waals surface area contributed by atoms with Crippen molar-refractivity contribution in [2.45, 2.75) is 68.0 Å². The number of esters is 1. The van der Waals surface area contributed by atoms with E-state index in [0.29, 0.717) is 24.8 Å². The number of ether oxygens (including phenoxy) is 2. The van der Waals surface area contributed by atoms with Crippen LogP contribution >= 0.6 is 0 Å². The second kappa shape index (κ2) is 11.4. The zero-order chi connectivity index (χ0) is 32.8. The first-order valence-electron chi connectivity index (χ1n) is 12.5. The van der Waals surface area contributed by atoms with Gasteiger partial charge in [0.2, 0.25) is 0 Å². The zero-order valence-electron chi connectivity index (χ0n) is 23.5. The average molecular weight is 639 g/mol. The molecule has 0 saturated heterocycles. The molecule has 43 heavy (non-hydrogen) atoms. The Morgan fingerprint density at radius 3 is 1.98 bits per heavy atom. The van der Waals surface area contributed by atoms with E-state index in [1.807, 2.05) is 0 Å². The fourth-order valence-electron chi connectivity index (χ4n) is 4.56. The van der Waals surface area contributed by atoms with Crippen molar-refractivity contribution in [1.82, 2.24) is 4.90 Å². The van der Waals surface area contributed by atoms with E-state index in [4.69, 9.17) is 4.74 Å². The molecule has 1 atom stereocenters. The number of benzene rings is 2. The lowest BCUT2D eigenvalue weighted by Crippen LogP contribution is -2.55. The van der Waals surface area contributed by atoms with Gasteiger partial charge < -0.3 is 14.8 Å². The SMILES string of the molecule is COC(=O)CC(c1ccc(NC(=O)C2c3ccc(S(C)(=O)=O)cc3CN2C(=O)OC(C)(C)C)cc1)(C(F)(F)F)C(F)(F)F. The minimum absolute atomic E-state index is 0.0724. The molecule has 1 heterocycles. The summed E-state index contributed by atoms with van der Waals surface area (Å²) in [6.07, 6.45) is -13.9. The first kappa shape index (κ1) is 33.7. The van der Waals surface area contributed by atoms with Crippen LogP contribution in [0, 0.1) is 0 Å². The van der Waals surface area contributed by atoms with Gasteiger partial charge in [-0.2, -0.15) is 26.3 Å². The van der Waals surface area contributed by atoms with Crippen LogP contribution in [0.4, 0.5) is 36.8 Å². The van der Waals surface area contributed by atoms with Crippen LogP contribution in [0.3, 0.4) is 0 Å². The smallest absolute Gasteiger partial charge is 0.411 e. The Hall–Kier alpha value is -3.82. The van der Waals surface area contributed by atoms with Gasteiger partial charge in [0.15, 0.2) is 15.3 Å². The maximum Gasteiger partial charge on any atom is 0.411 e. The number of nitrogens with zero attached hydrogens (tertiary/aromatic N) is 1. The molecule has 3 rings (SSSR count). The summed E-state index contributed by atoms with van der Waals surface area (Å²) in [4.78, 5) is 39.0. The maximum atomic E-state index is 14.0. The number of hydrogen-bond donors (Lipinski definition) is 1. The average Bonchev–Trinajstić information content (AvgIpc) is 3.24. The van der Waals surface area contributed by atoms with Crippen molar-refractivity contribution in [2.24, 2.45) is 0 Å². The van der Waals surface area contributed by atoms with E-state index in [-0.39, 0.29) is 22.7 Å². The lowest BCUT2D eigenvalue weighted by molar-refractivity contribution is -0.304. The highest BCUT2D eigenvalue weighted by atomic mass is 32.2. The van der Waals surface area contributed by atoms with Crippen molar-refractivity contribution in [3.63, 3.8) is 0 Å². The van der Waals surface area contributed by atoms with E-state index < -0.39 is 69.2 Å². The number of methoxy groups -OCH3 is 1. The number of amides is 2. The summed E-state index contributed by atoms with van der Waals surface area (Å²) < 4.78 is 117. The number of alkyl halides is 6. The molecule has 1 aliphatic heterocycles. The zero-order valence-corrected chi connectivity index (χ0v) is 24.3. The first-order chi connectivity index (χ1) is 19.5. The number of nitrogens with one attached hydrogen (secondary N) is 1. The summed E-state index contributed by atoms with van der Waals surface area (Å²) in [7, 11) is -2.99. The van der Waals surface area contributed by atoms with Gasteiger partial charge in [0, 0.05) is 11.9 Å². The van der Waals surface area contributed by atoms with Gasteiger partial charge in [-0.15, -0.1) is 0 Å². The molecule has 0 bridgehead atoms. The van der Waals surface area contributed by atoms with Gasteiger partial charge >= 0.3 is 24.4 Å². The van der Waals surface area contributed by atoms with E-state index in [1.54, 1.807) is 20.8 Å². The van der Waals surface area contributed by atoms with Gasteiger partial charge in [-0.1, -0.05) is 18.2 Å². The summed E-state index contributed by atoms with van der Waals surface area (Å²) in [5.41, 5.74) is -6.56. The van der Waals surface area contributed by atoms with E-state index >= 15 is 0 Å². The van der Waals surface area contributed by atoms with Gasteiger partial charge in [-0.3, -0.25) is 14.5 Å². The Bertz CT molecular complexity index is 1500. The van der Waals surface area contributed by atoms with Gasteiger partial charge in [-0.25, -0.2) is 13.2 Å². The summed E-state index contributed by atoms with van der Waals surface area (Å²) in [5, 5.41) is 2.36. The highest BCUT2D eigenvalue weighted by molar-refractivity contribution is 7.90. The molecule has 236 valence electrons. The van der Waals surface area contributed by atoms with Gasteiger partial charge in [-0.05, 0) is 61.7 Å². The second-order valence-corrected chi connectivity index (χ2v) is 12.9. The molecule has 1 unspecified atom stereocenters. The predicted molar refractivity (Wildman–Crippen MR) is 140 cm³/mol. The highest BCUT2D eigenvalue weighted by Crippen LogP contribution is 2.54. The molecule has 2 aromatic rings. The van der Waals surface area contributed by atoms with Crippen LogP contribution in [0.15, 0.2) is 47.4 Å². The summed E-state index contributed by atoms with van der Waals surface area (Å²) in [6, 6.07) is 5.00. The number of sulfone groups is 1. The van der Waals surface area contributed by atoms with Crippen molar-refractivity contribution < 1.29 is 58.6 Å². The van der Waals surface area contributed by atoms with E-state index in [0.717, 1.165) is 23.3 Å². The fourth-order valence-corrected chi connectivity index (χ4v) is 5.23. The normalized spacial score (nSPS) is 16.0. The summed E-state index contributed by atoms with van der Waals surface area (Å²) in [5.74, 6) is -2.65. The number of rotatable bonds is 6. The topological polar surface area (TPSA) is 119 Å². The summed E-state index contributed by atoms with van der Waals surface area (Å²) >= 11 is 0. The largest absolute Gasteiger partial charge is 0.469 e. The van der Waals surface area contributed by atoms with Crippen LogP contribution in [0.25, 0.3) is 0 Å². The Morgan fingerprint density at radius 2 is 1.51 bits per heavy atom. The lowest BCUT2D eigenvalue weighted by Gasteiger charge is -2.37. The van der Waals surface area contributed by atoms with Crippen LogP contribution in [-0.4, -0.2) is 62.6 Å². The molecule has 0 fully saturated rings. The Balaban J connectivity index is 2.01. The van der Waals surface area contributed by atoms with Crippen molar-refractivity contribution in [3.05, 3.63) is 59.2 Å². The quantitative estimate of drug-likeness (QED) is 0.330. The van der Waals surface area contributed by atoms with Crippen LogP contribution in [0.1, 0.15) is 49.9 Å². The Morgan fingerprint density at radius 1 is 0.953 bits per heavy atom. The number of hydrogen-bond acceptors (Lipinski definition) is 7. The third-order valence-electron chi connectivity index (χ3n) is 6.62. The van der Waals surface area contributed by atoms with Gasteiger partial charge in [0.05, 0.1) is 25.0 Å². The molecule has 1 N–H and O–H groups in total. The van der Waals surface area contributed by atoms with Gasteiger partial charge in [0.25, 0.3) is 5.91 Å². The molecule has 2 amide bonds. The standard InChI is InChI=1S/C27H28F6N2O7S/c1-24(2,3)42-23(38)35-14-15-12-18(43(5,39)40)10-11-19(15)21(35)22(37)34-17-8-6-16(7-9-17)25(26(28,29)30,27(31,32)33)13-20(36)41-4/h6-12,21H,13-14H2,1-5H3,(H,34,37). The van der Waals surface area contributed by atoms with E-state index in [1.165, 1.54) is 18.2 Å². The minimum Gasteiger partial charge on any atom is -0.469 e. The Kier molecular flexibility index (Phi) is 8.89. The number of carbonyl (C=O) groups excluding carboxylic acids is 3. The maximum absolute atomic E-state index is 14.0. The third kappa shape index (κ3) is 6.89. The van der Waals surface area contributed by atoms with E-state index in [2.05, 4.69) is 10.1 Å². The van der Waals surface area contributed by atoms with Gasteiger partial charge in [0.1, 0.15) is 11.6 Å². The lowest BCUT2D eigenvalue weighted by atomic mass is 9.76. The van der Waals surface area contributed by atoms with Crippen molar-refractivity contribution in [1.29, 1.82) is 0 Å². The van der Waals surface area contributed by atoms with Crippen LogP contribution < -0.4 is 5.32 Å². The fraction of sp³-hybridized carbons (Fsp3) is 0.444. The summed E-state index contributed by atoms with van der Waals surface area (Å²) in [6.45, 7) is 4.51. The number of anilines is 1. The number of carbonyl (C=O) groups is 3. The predicted octanol–water partition coefficient (Wildman–Crippen LogP) is 5.45. The van der Waals surface area contributed by atoms with Crippen molar-refractivity contribution in [3.8, 4) is 0 Å². The number of halogens is 6. The molecule has 16 heteroatoms. The van der Waals surface area contributed by atoms with Crippen molar-refractivity contribution in [2.75, 3.05) is 18.7 Å². The monoisotopic (exact) mass is 638 g/mol.